The molecule has 0 aliphatic carbocycles. The van der Waals surface area contributed by atoms with Crippen LogP contribution in [0.5, 0.6) is 0 Å². The van der Waals surface area contributed by atoms with Gasteiger partial charge in [-0.2, -0.15) is 0 Å². The summed E-state index contributed by atoms with van der Waals surface area (Å²) < 4.78 is 0. The van der Waals surface area contributed by atoms with Crippen molar-refractivity contribution in [1.82, 2.24) is 10.2 Å². The number of hydrogen-bond acceptors (Lipinski definition) is 2. The molecule has 0 spiro atoms. The lowest BCUT2D eigenvalue weighted by Gasteiger charge is -2.24. The van der Waals surface area contributed by atoms with Crippen LogP contribution in [0.3, 0.4) is 0 Å². The fourth-order valence-electron chi connectivity index (χ4n) is 2.52. The summed E-state index contributed by atoms with van der Waals surface area (Å²) in [4.78, 5) is 2.62. The van der Waals surface area contributed by atoms with Crippen LogP contribution in [0, 0.1) is 0 Å². The van der Waals surface area contributed by atoms with Gasteiger partial charge >= 0.3 is 0 Å². The highest BCUT2D eigenvalue weighted by atomic mass is 15.1. The number of nitrogens with one attached hydrogen (secondary N) is 1. The van der Waals surface area contributed by atoms with E-state index in [1.54, 1.807) is 0 Å². The van der Waals surface area contributed by atoms with Crippen molar-refractivity contribution in [2.45, 2.75) is 71.4 Å². The molecule has 16 heavy (non-hydrogen) atoms. The maximum Gasteiger partial charge on any atom is 0.00797 e. The van der Waals surface area contributed by atoms with E-state index >= 15 is 0 Å². The second-order valence-electron chi connectivity index (χ2n) is 5.42. The maximum atomic E-state index is 3.73. The molecule has 1 heterocycles. The molecule has 2 nitrogen and oxygen atoms in total. The lowest BCUT2D eigenvalue weighted by molar-refractivity contribution is 0.229. The summed E-state index contributed by atoms with van der Waals surface area (Å²) in [7, 11) is 0. The SMILES string of the molecule is CCCCCNC1CCCN(C(C)C)CC1. The average Bonchev–Trinajstić information content (AvgIpc) is 2.50. The van der Waals surface area contributed by atoms with Crippen LogP contribution < -0.4 is 5.32 Å². The van der Waals surface area contributed by atoms with Crippen LogP contribution in [0.4, 0.5) is 0 Å². The number of nitrogens with zero attached hydrogens (tertiary/aromatic N) is 1. The summed E-state index contributed by atoms with van der Waals surface area (Å²) in [5.74, 6) is 0. The zero-order valence-corrected chi connectivity index (χ0v) is 11.5. The Morgan fingerprint density at radius 3 is 2.69 bits per heavy atom. The molecule has 1 atom stereocenters. The summed E-state index contributed by atoms with van der Waals surface area (Å²) in [6.07, 6.45) is 8.12. The Bertz CT molecular complexity index is 168. The summed E-state index contributed by atoms with van der Waals surface area (Å²) in [5, 5.41) is 3.73. The smallest absolute Gasteiger partial charge is 0.00797 e. The van der Waals surface area contributed by atoms with Crippen molar-refractivity contribution in [2.24, 2.45) is 0 Å². The van der Waals surface area contributed by atoms with Gasteiger partial charge in [-0.1, -0.05) is 19.8 Å². The first-order chi connectivity index (χ1) is 7.74. The predicted molar refractivity (Wildman–Crippen MR) is 71.9 cm³/mol. The third-order valence-corrected chi connectivity index (χ3v) is 3.71. The molecule has 1 unspecified atom stereocenters. The molecular formula is C14H30N2. The second kappa shape index (κ2) is 8.08. The number of rotatable bonds is 6. The third-order valence-electron chi connectivity index (χ3n) is 3.71. The zero-order chi connectivity index (χ0) is 11.8. The number of hydrogen-bond donors (Lipinski definition) is 1. The van der Waals surface area contributed by atoms with Crippen LogP contribution in [0.15, 0.2) is 0 Å². The van der Waals surface area contributed by atoms with Crippen molar-refractivity contribution >= 4 is 0 Å². The van der Waals surface area contributed by atoms with Crippen molar-refractivity contribution in [2.75, 3.05) is 19.6 Å². The quantitative estimate of drug-likeness (QED) is 0.700. The molecule has 0 radical (unpaired) electrons. The molecule has 0 bridgehead atoms. The number of likely N-dealkylation sites (tertiary alicyclic amines) is 1. The Balaban J connectivity index is 2.15. The largest absolute Gasteiger partial charge is 0.314 e. The molecule has 1 N–H and O–H groups in total. The molecule has 1 saturated heterocycles. The maximum absolute atomic E-state index is 3.73. The predicted octanol–water partition coefficient (Wildman–Crippen LogP) is 3.03. The van der Waals surface area contributed by atoms with Gasteiger partial charge in [0, 0.05) is 12.1 Å². The van der Waals surface area contributed by atoms with Gasteiger partial charge in [-0.3, -0.25) is 0 Å². The summed E-state index contributed by atoms with van der Waals surface area (Å²) in [6.45, 7) is 10.7. The van der Waals surface area contributed by atoms with Gasteiger partial charge in [0.05, 0.1) is 0 Å². The van der Waals surface area contributed by atoms with Crippen LogP contribution in [0.1, 0.15) is 59.3 Å². The fourth-order valence-corrected chi connectivity index (χ4v) is 2.52. The minimum atomic E-state index is 0.721. The van der Waals surface area contributed by atoms with Crippen LogP contribution in [0.2, 0.25) is 0 Å². The van der Waals surface area contributed by atoms with Crippen LogP contribution in [-0.2, 0) is 0 Å². The highest BCUT2D eigenvalue weighted by Crippen LogP contribution is 2.13. The van der Waals surface area contributed by atoms with E-state index in [4.69, 9.17) is 0 Å². The third kappa shape index (κ3) is 5.31. The molecule has 0 aromatic heterocycles. The molecule has 2 heteroatoms. The van der Waals surface area contributed by atoms with Crippen LogP contribution in [0.25, 0.3) is 0 Å². The van der Waals surface area contributed by atoms with E-state index in [1.807, 2.05) is 0 Å². The Hall–Kier alpha value is -0.0800. The van der Waals surface area contributed by atoms with Gasteiger partial charge in [-0.15, -0.1) is 0 Å². The molecule has 1 rings (SSSR count). The highest BCUT2D eigenvalue weighted by Gasteiger charge is 2.17. The van der Waals surface area contributed by atoms with E-state index in [2.05, 4.69) is 31.0 Å². The minimum absolute atomic E-state index is 0.721. The molecule has 0 aromatic carbocycles. The van der Waals surface area contributed by atoms with E-state index in [1.165, 1.54) is 58.2 Å². The van der Waals surface area contributed by atoms with Gasteiger partial charge in [0.15, 0.2) is 0 Å². The minimum Gasteiger partial charge on any atom is -0.314 e. The first-order valence-corrected chi connectivity index (χ1v) is 7.21. The monoisotopic (exact) mass is 226 g/mol. The average molecular weight is 226 g/mol. The van der Waals surface area contributed by atoms with Gasteiger partial charge in [-0.25, -0.2) is 0 Å². The standard InChI is InChI=1S/C14H30N2/c1-4-5-6-10-15-14-8-7-11-16(12-9-14)13(2)3/h13-15H,4-12H2,1-3H3. The van der Waals surface area contributed by atoms with Crippen molar-refractivity contribution in [3.05, 3.63) is 0 Å². The van der Waals surface area contributed by atoms with E-state index in [0.717, 1.165) is 12.1 Å². The normalized spacial score (nSPS) is 23.6. The first kappa shape index (κ1) is 14.0. The van der Waals surface area contributed by atoms with Crippen molar-refractivity contribution < 1.29 is 0 Å². The van der Waals surface area contributed by atoms with Crippen LogP contribution >= 0.6 is 0 Å². The topological polar surface area (TPSA) is 15.3 Å². The van der Waals surface area contributed by atoms with E-state index in [-0.39, 0.29) is 0 Å². The summed E-state index contributed by atoms with van der Waals surface area (Å²) in [5.41, 5.74) is 0. The first-order valence-electron chi connectivity index (χ1n) is 7.21. The van der Waals surface area contributed by atoms with E-state index < -0.39 is 0 Å². The Morgan fingerprint density at radius 2 is 2.00 bits per heavy atom. The van der Waals surface area contributed by atoms with Crippen LogP contribution in [-0.4, -0.2) is 36.6 Å². The van der Waals surface area contributed by atoms with E-state index in [0.29, 0.717) is 0 Å². The Labute approximate surface area is 102 Å². The molecule has 1 fully saturated rings. The van der Waals surface area contributed by atoms with Gasteiger partial charge in [-0.05, 0) is 59.2 Å². The Morgan fingerprint density at radius 1 is 1.19 bits per heavy atom. The fraction of sp³-hybridized carbons (Fsp3) is 1.00. The molecule has 1 aliphatic heterocycles. The summed E-state index contributed by atoms with van der Waals surface area (Å²) >= 11 is 0. The Kier molecular flexibility index (Phi) is 7.06. The second-order valence-corrected chi connectivity index (χ2v) is 5.42. The molecule has 0 amide bonds. The number of unbranched alkanes of at least 4 members (excludes halogenated alkanes) is 2. The summed E-state index contributed by atoms with van der Waals surface area (Å²) in [6, 6.07) is 1.50. The van der Waals surface area contributed by atoms with Gasteiger partial charge in [0.25, 0.3) is 0 Å². The van der Waals surface area contributed by atoms with Crippen molar-refractivity contribution in [3.63, 3.8) is 0 Å². The lowest BCUT2D eigenvalue weighted by Crippen LogP contribution is -2.34. The highest BCUT2D eigenvalue weighted by molar-refractivity contribution is 4.76. The molecular weight excluding hydrogens is 196 g/mol. The lowest BCUT2D eigenvalue weighted by atomic mass is 10.1. The zero-order valence-electron chi connectivity index (χ0n) is 11.5. The molecule has 0 saturated carbocycles. The van der Waals surface area contributed by atoms with Crippen molar-refractivity contribution in [1.29, 1.82) is 0 Å². The van der Waals surface area contributed by atoms with Gasteiger partial charge in [0.1, 0.15) is 0 Å². The van der Waals surface area contributed by atoms with Gasteiger partial charge < -0.3 is 10.2 Å². The van der Waals surface area contributed by atoms with Gasteiger partial charge in [0.2, 0.25) is 0 Å². The van der Waals surface area contributed by atoms with Crippen molar-refractivity contribution in [3.8, 4) is 0 Å². The van der Waals surface area contributed by atoms with E-state index in [9.17, 15) is 0 Å². The molecule has 96 valence electrons. The molecule has 1 aliphatic rings. The molecule has 0 aromatic rings.